The van der Waals surface area contributed by atoms with Gasteiger partial charge in [0.05, 0.1) is 7.45 Å². The lowest BCUT2D eigenvalue weighted by molar-refractivity contribution is 0.860. The van der Waals surface area contributed by atoms with Gasteiger partial charge in [-0.05, 0) is 14.0 Å². The first kappa shape index (κ1) is 11.6. The van der Waals surface area contributed by atoms with Crippen LogP contribution in [0.15, 0.2) is 17.1 Å². The van der Waals surface area contributed by atoms with Crippen LogP contribution in [0.4, 0.5) is 0 Å². The van der Waals surface area contributed by atoms with E-state index >= 15 is 0 Å². The molecule has 0 radical (unpaired) electrons. The number of fused-ring (bicyclic) bond motifs is 1. The fraction of sp³-hybridized carbons (Fsp3) is 0.167. The van der Waals surface area contributed by atoms with Crippen molar-refractivity contribution in [1.82, 2.24) is 19.3 Å². The van der Waals surface area contributed by atoms with E-state index in [2.05, 4.69) is 28.2 Å². The number of rotatable bonds is 2. The van der Waals surface area contributed by atoms with Gasteiger partial charge < -0.3 is 4.57 Å². The Morgan fingerprint density at radius 3 is 3.00 bits per heavy atom. The Balaban J connectivity index is 2.78. The molecule has 15 heavy (non-hydrogen) atoms. The summed E-state index contributed by atoms with van der Waals surface area (Å²) in [4.78, 5) is 11.9. The predicted molar refractivity (Wildman–Crippen MR) is 72.8 cm³/mol. The second-order valence-electron chi connectivity index (χ2n) is 2.92. The topological polar surface area (TPSA) is 52.7 Å². The number of hydrogen-bond acceptors (Lipinski definition) is 3. The predicted octanol–water partition coefficient (Wildman–Crippen LogP) is 1.55. The summed E-state index contributed by atoms with van der Waals surface area (Å²) in [5, 5.41) is 8.01. The Morgan fingerprint density at radius 2 is 2.33 bits per heavy atom. The maximum atomic E-state index is 11.9. The van der Waals surface area contributed by atoms with Crippen LogP contribution in [-0.4, -0.2) is 19.3 Å². The molecule has 0 saturated heterocycles. The van der Waals surface area contributed by atoms with Crippen LogP contribution >= 0.6 is 33.3 Å². The third-order valence-corrected chi connectivity index (χ3v) is 11.4. The van der Waals surface area contributed by atoms with Crippen LogP contribution in [0.3, 0.4) is 0 Å². The third-order valence-electron chi connectivity index (χ3n) is 2.00. The summed E-state index contributed by atoms with van der Waals surface area (Å²) < 4.78 is 3.27. The van der Waals surface area contributed by atoms with Crippen LogP contribution in [-0.2, 0) is 7.05 Å². The van der Waals surface area contributed by atoms with Crippen molar-refractivity contribution in [2.45, 2.75) is 0 Å². The Labute approximate surface area is 93.7 Å². The fourth-order valence-corrected chi connectivity index (χ4v) is 4.07. The zero-order valence-electron chi connectivity index (χ0n) is 7.95. The molecule has 0 fully saturated rings. The van der Waals surface area contributed by atoms with Gasteiger partial charge >= 0.3 is 0 Å². The first-order chi connectivity index (χ1) is 7.15. The molecular formula is C6H10N4OP4. The van der Waals surface area contributed by atoms with E-state index < -0.39 is 7.45 Å². The quantitative estimate of drug-likeness (QED) is 0.783. The summed E-state index contributed by atoms with van der Waals surface area (Å²) in [6.45, 7) is 0. The molecule has 0 N–H and O–H groups in total. The van der Waals surface area contributed by atoms with E-state index in [1.165, 1.54) is 0 Å². The Hall–Kier alpha value is 0.0700. The van der Waals surface area contributed by atoms with Gasteiger partial charge in [0, 0.05) is 13.2 Å². The maximum absolute atomic E-state index is 11.9. The van der Waals surface area contributed by atoms with Crippen LogP contribution in [0.25, 0.3) is 11.0 Å². The van der Waals surface area contributed by atoms with Crippen molar-refractivity contribution in [3.8, 4) is 0 Å². The number of aryl methyl sites for hydroxylation is 1. The van der Waals surface area contributed by atoms with E-state index in [0.29, 0.717) is 19.0 Å². The summed E-state index contributed by atoms with van der Waals surface area (Å²) >= 11 is 0. The smallest absolute Gasteiger partial charge is 0.278 e. The van der Waals surface area contributed by atoms with E-state index in [4.69, 9.17) is 0 Å². The minimum Gasteiger partial charge on any atom is -0.317 e. The molecule has 4 atom stereocenters. The molecule has 0 aliphatic rings. The molecule has 0 aliphatic heterocycles. The molecule has 4 unspecified atom stereocenters. The molecule has 2 heterocycles. The molecule has 2 aromatic rings. The van der Waals surface area contributed by atoms with Gasteiger partial charge in [-0.2, -0.15) is 0 Å². The summed E-state index contributed by atoms with van der Waals surface area (Å²) in [6.07, 6.45) is 1.71. The number of hydrogen-bond donors (Lipinski definition) is 0. The normalized spacial score (nSPS) is 14.1. The largest absolute Gasteiger partial charge is 0.317 e. The first-order valence-corrected chi connectivity index (χ1v) is 10.6. The van der Waals surface area contributed by atoms with E-state index in [1.807, 2.05) is 0 Å². The van der Waals surface area contributed by atoms with E-state index in [1.54, 1.807) is 28.3 Å². The number of nitrogens with zero attached hydrogens (tertiary/aromatic N) is 4. The standard InChI is InChI=1S/C6H10N4OP4/c1-9-3-2-4-5(6(9)11)10(8-7-4)15(13)14-12/h2-3,14H,12-13H2,1H3. The van der Waals surface area contributed by atoms with Crippen LogP contribution in [0.5, 0.6) is 0 Å². The lowest BCUT2D eigenvalue weighted by Crippen LogP contribution is -2.17. The van der Waals surface area contributed by atoms with Crippen LogP contribution in [0, 0.1) is 0 Å². The monoisotopic (exact) mass is 278 g/mol. The summed E-state index contributed by atoms with van der Waals surface area (Å²) in [5.41, 5.74) is 1.21. The summed E-state index contributed by atoms with van der Waals surface area (Å²) in [7, 11) is 7.24. The van der Waals surface area contributed by atoms with Crippen molar-refractivity contribution in [1.29, 1.82) is 0 Å². The van der Waals surface area contributed by atoms with Crippen LogP contribution in [0.1, 0.15) is 0 Å². The van der Waals surface area contributed by atoms with Gasteiger partial charge in [-0.1, -0.05) is 14.1 Å². The fourth-order valence-electron chi connectivity index (χ4n) is 1.22. The van der Waals surface area contributed by atoms with Crippen LogP contribution in [0.2, 0.25) is 0 Å². The minimum absolute atomic E-state index is 0.0456. The molecular weight excluding hydrogens is 268 g/mol. The second kappa shape index (κ2) is 4.52. The van der Waals surface area contributed by atoms with Gasteiger partial charge in [0.2, 0.25) is 0 Å². The Bertz CT molecular complexity index is 550. The molecule has 0 bridgehead atoms. The molecule has 0 aromatic carbocycles. The molecule has 0 aliphatic carbocycles. The van der Waals surface area contributed by atoms with Gasteiger partial charge in [0.1, 0.15) is 5.52 Å². The highest BCUT2D eigenvalue weighted by molar-refractivity contribution is 8.60. The zero-order chi connectivity index (χ0) is 11.0. The van der Waals surface area contributed by atoms with Gasteiger partial charge in [0.25, 0.3) is 5.56 Å². The van der Waals surface area contributed by atoms with Crippen molar-refractivity contribution in [3.63, 3.8) is 0 Å². The number of pyridine rings is 1. The Morgan fingerprint density at radius 1 is 1.60 bits per heavy atom. The van der Waals surface area contributed by atoms with E-state index in [-0.39, 0.29) is 5.56 Å². The van der Waals surface area contributed by atoms with Crippen molar-refractivity contribution in [2.24, 2.45) is 7.05 Å². The molecule has 80 valence electrons. The molecule has 9 heteroatoms. The molecule has 0 spiro atoms. The second-order valence-corrected chi connectivity index (χ2v) is 11.7. The highest BCUT2D eigenvalue weighted by atomic mass is 32.6. The van der Waals surface area contributed by atoms with Crippen molar-refractivity contribution in [3.05, 3.63) is 22.6 Å². The molecule has 0 saturated carbocycles. The minimum atomic E-state index is -0.528. The van der Waals surface area contributed by atoms with Gasteiger partial charge in [-0.25, -0.2) is 4.45 Å². The molecule has 2 rings (SSSR count). The molecule has 5 nitrogen and oxygen atoms in total. The average molecular weight is 278 g/mol. The van der Waals surface area contributed by atoms with E-state index in [9.17, 15) is 4.79 Å². The van der Waals surface area contributed by atoms with Gasteiger partial charge in [-0.3, -0.25) is 4.79 Å². The molecule has 2 aromatic heterocycles. The lowest BCUT2D eigenvalue weighted by Gasteiger charge is -2.08. The SMILES string of the molecule is Cn1ccc2nnn(P(P)PP)c2c1=O. The van der Waals surface area contributed by atoms with Crippen molar-refractivity contribution >= 4 is 44.3 Å². The first-order valence-electron chi connectivity index (χ1n) is 4.07. The maximum Gasteiger partial charge on any atom is 0.278 e. The van der Waals surface area contributed by atoms with Crippen molar-refractivity contribution < 1.29 is 0 Å². The third kappa shape index (κ3) is 1.99. The highest BCUT2D eigenvalue weighted by Crippen LogP contribution is 2.66. The number of aromatic nitrogens is 4. The lowest BCUT2D eigenvalue weighted by atomic mass is 10.4. The van der Waals surface area contributed by atoms with Crippen LogP contribution < -0.4 is 5.56 Å². The molecule has 0 amide bonds. The summed E-state index contributed by atoms with van der Waals surface area (Å²) in [6, 6.07) is 1.81. The highest BCUT2D eigenvalue weighted by Gasteiger charge is 2.13. The van der Waals surface area contributed by atoms with E-state index in [0.717, 1.165) is 0 Å². The average Bonchev–Trinajstić information content (AvgIpc) is 2.67. The van der Waals surface area contributed by atoms with Crippen molar-refractivity contribution in [2.75, 3.05) is 0 Å². The zero-order valence-corrected chi connectivity index (χ0v) is 12.2. The van der Waals surface area contributed by atoms with Gasteiger partial charge in [-0.15, -0.1) is 14.0 Å². The summed E-state index contributed by atoms with van der Waals surface area (Å²) in [5.74, 6) is 0. The Kier molecular flexibility index (Phi) is 3.48. The van der Waals surface area contributed by atoms with Gasteiger partial charge in [0.15, 0.2) is 5.52 Å².